The highest BCUT2D eigenvalue weighted by Crippen LogP contribution is 2.15. The van der Waals surface area contributed by atoms with Gasteiger partial charge in [0.15, 0.2) is 6.29 Å². The van der Waals surface area contributed by atoms with E-state index in [4.69, 9.17) is 9.47 Å². The standard InChI is InChI=1S/C10H14N2O6S/c1-17-10(18-2)7-11-19(15,16)9-5-3-8(4-6-9)12(13)14/h3-6,10-11H,7H2,1-2H3. The molecule has 0 aliphatic carbocycles. The summed E-state index contributed by atoms with van der Waals surface area (Å²) in [6.45, 7) is -0.0632. The highest BCUT2D eigenvalue weighted by molar-refractivity contribution is 7.89. The van der Waals surface area contributed by atoms with Crippen LogP contribution in [0.25, 0.3) is 0 Å². The van der Waals surface area contributed by atoms with Crippen LogP contribution in [0, 0.1) is 10.1 Å². The molecule has 0 radical (unpaired) electrons. The molecule has 0 aromatic heterocycles. The lowest BCUT2D eigenvalue weighted by molar-refractivity contribution is -0.384. The fourth-order valence-corrected chi connectivity index (χ4v) is 2.29. The maximum Gasteiger partial charge on any atom is 0.269 e. The Morgan fingerprint density at radius 3 is 2.21 bits per heavy atom. The van der Waals surface area contributed by atoms with Gasteiger partial charge < -0.3 is 9.47 Å². The summed E-state index contributed by atoms with van der Waals surface area (Å²) < 4.78 is 35.7. The zero-order valence-corrected chi connectivity index (χ0v) is 11.2. The van der Waals surface area contributed by atoms with E-state index in [1.807, 2.05) is 0 Å². The van der Waals surface area contributed by atoms with Gasteiger partial charge in [0, 0.05) is 26.4 Å². The van der Waals surface area contributed by atoms with Crippen LogP contribution < -0.4 is 4.72 Å². The maximum atomic E-state index is 11.9. The van der Waals surface area contributed by atoms with Crippen LogP contribution in [-0.2, 0) is 19.5 Å². The summed E-state index contributed by atoms with van der Waals surface area (Å²) in [6, 6.07) is 4.57. The lowest BCUT2D eigenvalue weighted by Gasteiger charge is -2.14. The van der Waals surface area contributed by atoms with Crippen LogP contribution in [0.15, 0.2) is 29.2 Å². The van der Waals surface area contributed by atoms with Gasteiger partial charge in [-0.05, 0) is 12.1 Å². The topological polar surface area (TPSA) is 108 Å². The molecule has 0 amide bonds. The molecule has 0 atom stereocenters. The minimum absolute atomic E-state index is 0.0632. The van der Waals surface area contributed by atoms with Gasteiger partial charge in [0.1, 0.15) is 0 Å². The minimum Gasteiger partial charge on any atom is -0.355 e. The number of nitrogens with zero attached hydrogens (tertiary/aromatic N) is 1. The molecule has 0 saturated heterocycles. The fraction of sp³-hybridized carbons (Fsp3) is 0.400. The van der Waals surface area contributed by atoms with Crippen molar-refractivity contribution >= 4 is 15.7 Å². The summed E-state index contributed by atoms with van der Waals surface area (Å²) in [5.41, 5.74) is -0.175. The number of hydrogen-bond donors (Lipinski definition) is 1. The summed E-state index contributed by atoms with van der Waals surface area (Å²) in [7, 11) is -0.984. The number of non-ortho nitro benzene ring substituents is 1. The molecule has 1 aromatic carbocycles. The van der Waals surface area contributed by atoms with Crippen molar-refractivity contribution in [3.63, 3.8) is 0 Å². The first-order valence-corrected chi connectivity index (χ1v) is 6.68. The third-order valence-electron chi connectivity index (χ3n) is 2.32. The molecular weight excluding hydrogens is 276 g/mol. The van der Waals surface area contributed by atoms with Crippen molar-refractivity contribution in [2.75, 3.05) is 20.8 Å². The molecule has 8 nitrogen and oxygen atoms in total. The number of methoxy groups -OCH3 is 2. The third kappa shape index (κ3) is 4.24. The minimum atomic E-state index is -3.75. The Morgan fingerprint density at radius 1 is 1.26 bits per heavy atom. The first-order chi connectivity index (χ1) is 8.90. The second-order valence-corrected chi connectivity index (χ2v) is 5.27. The zero-order valence-electron chi connectivity index (χ0n) is 10.4. The lowest BCUT2D eigenvalue weighted by Crippen LogP contribution is -2.34. The molecule has 0 aliphatic heterocycles. The third-order valence-corrected chi connectivity index (χ3v) is 3.76. The van der Waals surface area contributed by atoms with Gasteiger partial charge >= 0.3 is 0 Å². The van der Waals surface area contributed by atoms with E-state index in [2.05, 4.69) is 4.72 Å². The molecule has 0 saturated carbocycles. The van der Waals surface area contributed by atoms with Crippen molar-refractivity contribution in [2.45, 2.75) is 11.2 Å². The Hall–Kier alpha value is -1.55. The Kier molecular flexibility index (Phi) is 5.36. The molecule has 1 rings (SSSR count). The van der Waals surface area contributed by atoms with Gasteiger partial charge in [-0.25, -0.2) is 13.1 Å². The average Bonchev–Trinajstić information content (AvgIpc) is 2.40. The van der Waals surface area contributed by atoms with E-state index in [-0.39, 0.29) is 17.1 Å². The molecule has 1 N–H and O–H groups in total. The molecule has 1 aromatic rings. The Morgan fingerprint density at radius 2 is 1.79 bits per heavy atom. The van der Waals surface area contributed by atoms with E-state index in [1.165, 1.54) is 14.2 Å². The quantitative estimate of drug-likeness (QED) is 0.445. The van der Waals surface area contributed by atoms with Crippen molar-refractivity contribution in [1.29, 1.82) is 0 Å². The SMILES string of the molecule is COC(CNS(=O)(=O)c1ccc([N+](=O)[O-])cc1)OC. The van der Waals surface area contributed by atoms with Gasteiger partial charge in [-0.2, -0.15) is 0 Å². The number of nitrogens with one attached hydrogen (secondary N) is 1. The Bertz CT molecular complexity index is 523. The zero-order chi connectivity index (χ0) is 14.5. The van der Waals surface area contributed by atoms with E-state index in [0.717, 1.165) is 24.3 Å². The van der Waals surface area contributed by atoms with Crippen LogP contribution in [-0.4, -0.2) is 40.4 Å². The molecule has 0 unspecified atom stereocenters. The molecule has 106 valence electrons. The van der Waals surface area contributed by atoms with Crippen LogP contribution in [0.3, 0.4) is 0 Å². The second-order valence-electron chi connectivity index (χ2n) is 3.50. The monoisotopic (exact) mass is 290 g/mol. The molecule has 0 aliphatic rings. The molecule has 0 spiro atoms. The first-order valence-electron chi connectivity index (χ1n) is 5.20. The van der Waals surface area contributed by atoms with Gasteiger partial charge in [0.05, 0.1) is 16.4 Å². The number of hydrogen-bond acceptors (Lipinski definition) is 6. The van der Waals surface area contributed by atoms with Gasteiger partial charge in [0.25, 0.3) is 5.69 Å². The summed E-state index contributed by atoms with van der Waals surface area (Å²) in [5, 5.41) is 10.5. The van der Waals surface area contributed by atoms with Gasteiger partial charge in [-0.1, -0.05) is 0 Å². The van der Waals surface area contributed by atoms with E-state index in [0.29, 0.717) is 0 Å². The summed E-state index contributed by atoms with van der Waals surface area (Å²) >= 11 is 0. The van der Waals surface area contributed by atoms with Gasteiger partial charge in [-0.3, -0.25) is 10.1 Å². The molecule has 19 heavy (non-hydrogen) atoms. The van der Waals surface area contributed by atoms with E-state index in [9.17, 15) is 18.5 Å². The van der Waals surface area contributed by atoms with Crippen molar-refractivity contribution in [3.8, 4) is 0 Å². The van der Waals surface area contributed by atoms with Crippen molar-refractivity contribution in [1.82, 2.24) is 4.72 Å². The van der Waals surface area contributed by atoms with E-state index < -0.39 is 21.2 Å². The molecule has 0 fully saturated rings. The highest BCUT2D eigenvalue weighted by atomic mass is 32.2. The van der Waals surface area contributed by atoms with Crippen LogP contribution >= 0.6 is 0 Å². The lowest BCUT2D eigenvalue weighted by atomic mass is 10.3. The average molecular weight is 290 g/mol. The van der Waals surface area contributed by atoms with Crippen LogP contribution in [0.2, 0.25) is 0 Å². The van der Waals surface area contributed by atoms with Crippen molar-refractivity contribution in [3.05, 3.63) is 34.4 Å². The molecular formula is C10H14N2O6S. The largest absolute Gasteiger partial charge is 0.355 e. The van der Waals surface area contributed by atoms with Gasteiger partial charge in [0.2, 0.25) is 10.0 Å². The number of benzene rings is 1. The predicted molar refractivity (Wildman–Crippen MR) is 66.1 cm³/mol. The number of rotatable bonds is 7. The second kappa shape index (κ2) is 6.57. The van der Waals surface area contributed by atoms with Gasteiger partial charge in [-0.15, -0.1) is 0 Å². The smallest absolute Gasteiger partial charge is 0.269 e. The number of sulfonamides is 1. The first kappa shape index (κ1) is 15.5. The Labute approximate surface area is 110 Å². The summed E-state index contributed by atoms with van der Waals surface area (Å²) in [6.07, 6.45) is -0.701. The summed E-state index contributed by atoms with van der Waals surface area (Å²) in [4.78, 5) is 9.79. The maximum absolute atomic E-state index is 11.9. The van der Waals surface area contributed by atoms with Crippen molar-refractivity contribution in [2.24, 2.45) is 0 Å². The van der Waals surface area contributed by atoms with Crippen LogP contribution in [0.4, 0.5) is 5.69 Å². The van der Waals surface area contributed by atoms with Crippen molar-refractivity contribution < 1.29 is 22.8 Å². The number of ether oxygens (including phenoxy) is 2. The molecule has 0 heterocycles. The normalized spacial score (nSPS) is 11.7. The predicted octanol–water partition coefficient (Wildman–Crippen LogP) is 0.492. The number of nitro benzene ring substituents is 1. The summed E-state index contributed by atoms with van der Waals surface area (Å²) in [5.74, 6) is 0. The van der Waals surface area contributed by atoms with E-state index >= 15 is 0 Å². The fourth-order valence-electron chi connectivity index (χ4n) is 1.27. The molecule has 0 bridgehead atoms. The molecule has 9 heteroatoms. The van der Waals surface area contributed by atoms with E-state index in [1.54, 1.807) is 0 Å². The highest BCUT2D eigenvalue weighted by Gasteiger charge is 2.17. The van der Waals surface area contributed by atoms with Crippen LogP contribution in [0.5, 0.6) is 0 Å². The number of nitro groups is 1. The Balaban J connectivity index is 2.80. The van der Waals surface area contributed by atoms with Crippen LogP contribution in [0.1, 0.15) is 0 Å².